The van der Waals surface area contributed by atoms with Gasteiger partial charge in [-0.05, 0) is 18.2 Å². The van der Waals surface area contributed by atoms with E-state index in [1.165, 1.54) is 24.3 Å². The molecule has 0 unspecified atom stereocenters. The van der Waals surface area contributed by atoms with Crippen LogP contribution in [-0.4, -0.2) is 11.0 Å². The number of rotatable bonds is 3. The van der Waals surface area contributed by atoms with E-state index >= 15 is 0 Å². The Morgan fingerprint density at radius 1 is 0.870 bits per heavy atom. The molecular weight excluding hydrogens is 388 g/mol. The zero-order valence-corrected chi connectivity index (χ0v) is 14.1. The van der Waals surface area contributed by atoms with Crippen LogP contribution in [0.4, 0.5) is 21.9 Å². The Labute approximate surface area is 150 Å². The van der Waals surface area contributed by atoms with E-state index < -0.39 is 11.0 Å². The minimum absolute atomic E-state index is 0.0228. The fourth-order valence-corrected chi connectivity index (χ4v) is 2.43. The minimum Gasteiger partial charge on any atom is -0.306 e. The van der Waals surface area contributed by atoms with Gasteiger partial charge in [0.05, 0.1) is 36.4 Å². The first-order valence-electron chi connectivity index (χ1n) is 5.94. The highest BCUT2D eigenvalue weighted by Gasteiger charge is 2.13. The van der Waals surface area contributed by atoms with Crippen molar-refractivity contribution in [1.82, 2.24) is 0 Å². The number of amides is 2. The molecule has 2 amide bonds. The van der Waals surface area contributed by atoms with Crippen molar-refractivity contribution in [2.45, 2.75) is 0 Å². The predicted octanol–water partition coefficient (Wildman–Crippen LogP) is 5.85. The normalized spacial score (nSPS) is 10.3. The fourth-order valence-electron chi connectivity index (χ4n) is 1.61. The lowest BCUT2D eigenvalue weighted by Gasteiger charge is -2.11. The van der Waals surface area contributed by atoms with Crippen LogP contribution in [0.15, 0.2) is 30.3 Å². The summed E-state index contributed by atoms with van der Waals surface area (Å²) in [6.45, 7) is 0. The van der Waals surface area contributed by atoms with Gasteiger partial charge in [-0.15, -0.1) is 0 Å². The largest absolute Gasteiger partial charge is 0.323 e. The Morgan fingerprint density at radius 2 is 1.43 bits per heavy atom. The minimum atomic E-state index is -0.652. The molecule has 120 valence electrons. The molecule has 0 aliphatic rings. The van der Waals surface area contributed by atoms with E-state index in [-0.39, 0.29) is 37.2 Å². The molecule has 0 aliphatic heterocycles. The third kappa shape index (κ3) is 4.39. The second kappa shape index (κ2) is 7.23. The molecular formula is C13H7Cl4N3O3. The summed E-state index contributed by atoms with van der Waals surface area (Å²) in [7, 11) is 0. The molecule has 23 heavy (non-hydrogen) atoms. The number of nitrogens with one attached hydrogen (secondary N) is 2. The van der Waals surface area contributed by atoms with Crippen LogP contribution in [0.1, 0.15) is 0 Å². The number of nitro groups is 1. The van der Waals surface area contributed by atoms with E-state index in [1.54, 1.807) is 0 Å². The number of hydrogen-bond acceptors (Lipinski definition) is 3. The maximum atomic E-state index is 12.0. The van der Waals surface area contributed by atoms with Gasteiger partial charge in [0.2, 0.25) is 0 Å². The molecule has 0 radical (unpaired) electrons. The monoisotopic (exact) mass is 393 g/mol. The predicted molar refractivity (Wildman–Crippen MR) is 92.2 cm³/mol. The second-order valence-corrected chi connectivity index (χ2v) is 5.88. The molecule has 0 atom stereocenters. The molecule has 0 saturated heterocycles. The molecule has 0 spiro atoms. The van der Waals surface area contributed by atoms with Crippen molar-refractivity contribution in [2.75, 3.05) is 10.6 Å². The summed E-state index contributed by atoms with van der Waals surface area (Å²) in [6.07, 6.45) is 0. The standard InChI is InChI=1S/C13H7Cl4N3O3/c14-7-4-10(17)12(5-8(7)15)19-13(21)18-11-2-1-6(20(22)23)3-9(11)16/h1-5H,(H2,18,19,21). The Balaban J connectivity index is 2.14. The quantitative estimate of drug-likeness (QED) is 0.388. The zero-order valence-electron chi connectivity index (χ0n) is 11.1. The smallest absolute Gasteiger partial charge is 0.306 e. The highest BCUT2D eigenvalue weighted by Crippen LogP contribution is 2.32. The highest BCUT2D eigenvalue weighted by atomic mass is 35.5. The molecule has 2 N–H and O–H groups in total. The third-order valence-electron chi connectivity index (χ3n) is 2.67. The molecule has 6 nitrogen and oxygen atoms in total. The lowest BCUT2D eigenvalue weighted by molar-refractivity contribution is -0.384. The van der Waals surface area contributed by atoms with E-state index in [9.17, 15) is 14.9 Å². The van der Waals surface area contributed by atoms with Gasteiger partial charge < -0.3 is 10.6 Å². The van der Waals surface area contributed by atoms with Gasteiger partial charge in [-0.3, -0.25) is 10.1 Å². The molecule has 0 aliphatic carbocycles. The summed E-state index contributed by atoms with van der Waals surface area (Å²) in [5.41, 5.74) is 0.260. The number of benzene rings is 2. The first kappa shape index (κ1) is 17.6. The Bertz CT molecular complexity index is 798. The van der Waals surface area contributed by atoms with Crippen LogP contribution >= 0.6 is 46.4 Å². The number of halogens is 4. The maximum absolute atomic E-state index is 12.0. The number of anilines is 2. The summed E-state index contributed by atoms with van der Waals surface area (Å²) in [4.78, 5) is 22.0. The van der Waals surface area contributed by atoms with Crippen molar-refractivity contribution in [3.63, 3.8) is 0 Å². The van der Waals surface area contributed by atoms with Crippen molar-refractivity contribution >= 4 is 69.5 Å². The molecule has 2 rings (SSSR count). The summed E-state index contributed by atoms with van der Waals surface area (Å²) < 4.78 is 0. The van der Waals surface area contributed by atoms with Crippen LogP contribution in [0.25, 0.3) is 0 Å². The van der Waals surface area contributed by atoms with Crippen molar-refractivity contribution < 1.29 is 9.72 Å². The van der Waals surface area contributed by atoms with Gasteiger partial charge in [0.1, 0.15) is 0 Å². The fraction of sp³-hybridized carbons (Fsp3) is 0. The number of carbonyl (C=O) groups excluding carboxylic acids is 1. The van der Waals surface area contributed by atoms with E-state index in [2.05, 4.69) is 10.6 Å². The van der Waals surface area contributed by atoms with E-state index in [0.717, 1.165) is 6.07 Å². The van der Waals surface area contributed by atoms with Gasteiger partial charge in [0.25, 0.3) is 5.69 Å². The molecule has 0 heterocycles. The molecule has 0 fully saturated rings. The Kier molecular flexibility index (Phi) is 5.54. The van der Waals surface area contributed by atoms with Crippen LogP contribution in [0.3, 0.4) is 0 Å². The topological polar surface area (TPSA) is 84.3 Å². The zero-order chi connectivity index (χ0) is 17.1. The summed E-state index contributed by atoms with van der Waals surface area (Å²) >= 11 is 23.5. The van der Waals surface area contributed by atoms with Crippen molar-refractivity contribution in [3.8, 4) is 0 Å². The number of hydrogen-bond donors (Lipinski definition) is 2. The Morgan fingerprint density at radius 3 is 2.04 bits per heavy atom. The van der Waals surface area contributed by atoms with Crippen LogP contribution in [-0.2, 0) is 0 Å². The molecule has 0 bridgehead atoms. The number of carbonyl (C=O) groups is 1. The van der Waals surface area contributed by atoms with Crippen molar-refractivity contribution in [1.29, 1.82) is 0 Å². The lowest BCUT2D eigenvalue weighted by atomic mass is 10.3. The molecule has 10 heteroatoms. The third-order valence-corrected chi connectivity index (χ3v) is 4.02. The second-order valence-electron chi connectivity index (χ2n) is 4.25. The first-order chi connectivity index (χ1) is 10.8. The van der Waals surface area contributed by atoms with Crippen LogP contribution in [0.5, 0.6) is 0 Å². The average Bonchev–Trinajstić information content (AvgIpc) is 2.46. The highest BCUT2D eigenvalue weighted by molar-refractivity contribution is 6.44. The van der Waals surface area contributed by atoms with Crippen molar-refractivity contribution in [3.05, 3.63) is 60.5 Å². The molecule has 2 aromatic rings. The van der Waals surface area contributed by atoms with E-state index in [0.29, 0.717) is 0 Å². The van der Waals surface area contributed by atoms with Gasteiger partial charge in [-0.1, -0.05) is 46.4 Å². The number of nitro benzene ring substituents is 1. The van der Waals surface area contributed by atoms with Gasteiger partial charge >= 0.3 is 6.03 Å². The number of non-ortho nitro benzene ring substituents is 1. The van der Waals surface area contributed by atoms with Crippen LogP contribution in [0.2, 0.25) is 20.1 Å². The van der Waals surface area contributed by atoms with Gasteiger partial charge in [0, 0.05) is 12.1 Å². The number of urea groups is 1. The average molecular weight is 395 g/mol. The summed E-state index contributed by atoms with van der Waals surface area (Å²) in [5, 5.41) is 16.2. The Hall–Kier alpha value is -1.73. The van der Waals surface area contributed by atoms with Crippen LogP contribution in [0, 0.1) is 10.1 Å². The maximum Gasteiger partial charge on any atom is 0.323 e. The molecule has 0 saturated carbocycles. The summed E-state index contributed by atoms with van der Waals surface area (Å²) in [5.74, 6) is 0. The van der Waals surface area contributed by atoms with Gasteiger partial charge in [-0.25, -0.2) is 4.79 Å². The van der Waals surface area contributed by atoms with Gasteiger partial charge in [0.15, 0.2) is 0 Å². The molecule has 0 aromatic heterocycles. The lowest BCUT2D eigenvalue weighted by Crippen LogP contribution is -2.19. The van der Waals surface area contributed by atoms with Gasteiger partial charge in [-0.2, -0.15) is 0 Å². The number of nitrogens with zero attached hydrogens (tertiary/aromatic N) is 1. The van der Waals surface area contributed by atoms with Crippen molar-refractivity contribution in [2.24, 2.45) is 0 Å². The van der Waals surface area contributed by atoms with E-state index in [4.69, 9.17) is 46.4 Å². The van der Waals surface area contributed by atoms with E-state index in [1.807, 2.05) is 0 Å². The molecule has 2 aromatic carbocycles. The summed E-state index contributed by atoms with van der Waals surface area (Å²) in [6, 6.07) is 5.79. The van der Waals surface area contributed by atoms with Crippen LogP contribution < -0.4 is 10.6 Å². The SMILES string of the molecule is O=C(Nc1ccc([N+](=O)[O-])cc1Cl)Nc1cc(Cl)c(Cl)cc1Cl. The first-order valence-corrected chi connectivity index (χ1v) is 7.45.